The number of nitrogens with zero attached hydrogens (tertiary/aromatic N) is 1. The lowest BCUT2D eigenvalue weighted by atomic mass is 10.0. The second-order valence-electron chi connectivity index (χ2n) is 5.63. The fourth-order valence-electron chi connectivity index (χ4n) is 2.23. The lowest BCUT2D eigenvalue weighted by Crippen LogP contribution is -2.21. The lowest BCUT2D eigenvalue weighted by Gasteiger charge is -2.02. The molecule has 152 valence electrons. The van der Waals surface area contributed by atoms with Crippen molar-refractivity contribution in [3.8, 4) is 17.2 Å². The van der Waals surface area contributed by atoms with Crippen molar-refractivity contribution in [1.82, 2.24) is 0 Å². The Balaban J connectivity index is 0.000000244. The van der Waals surface area contributed by atoms with Crippen molar-refractivity contribution in [3.63, 3.8) is 0 Å². The van der Waals surface area contributed by atoms with Crippen LogP contribution in [0.5, 0.6) is 0 Å². The molecule has 30 heavy (non-hydrogen) atoms. The fraction of sp³-hybridized carbons (Fsp3) is 0.0800. The molecule has 0 saturated heterocycles. The zero-order valence-corrected chi connectivity index (χ0v) is 16.7. The van der Waals surface area contributed by atoms with Gasteiger partial charge in [-0.25, -0.2) is 4.79 Å². The lowest BCUT2D eigenvalue weighted by molar-refractivity contribution is -0.255. The summed E-state index contributed by atoms with van der Waals surface area (Å²) in [6, 6.07) is 27.8. The van der Waals surface area contributed by atoms with Gasteiger partial charge in [0.15, 0.2) is 0 Å². The van der Waals surface area contributed by atoms with E-state index < -0.39 is 5.97 Å². The van der Waals surface area contributed by atoms with Crippen LogP contribution in [0.1, 0.15) is 22.8 Å². The zero-order valence-electron chi connectivity index (χ0n) is 16.7. The van der Waals surface area contributed by atoms with Gasteiger partial charge >= 0.3 is 5.97 Å². The third kappa shape index (κ3) is 8.68. The molecule has 0 N–H and O–H groups in total. The van der Waals surface area contributed by atoms with Crippen LogP contribution in [0.15, 0.2) is 97.6 Å². The highest BCUT2D eigenvalue weighted by atomic mass is 16.5. The van der Waals surface area contributed by atoms with Gasteiger partial charge in [0.2, 0.25) is 0 Å². The van der Waals surface area contributed by atoms with Gasteiger partial charge in [0.1, 0.15) is 0 Å². The fourth-order valence-corrected chi connectivity index (χ4v) is 2.23. The van der Waals surface area contributed by atoms with E-state index >= 15 is 0 Å². The number of carbonyl (C=O) groups is 2. The van der Waals surface area contributed by atoms with Crippen molar-refractivity contribution < 1.29 is 19.4 Å². The molecule has 0 fully saturated rings. The summed E-state index contributed by atoms with van der Waals surface area (Å²) in [6.07, 6.45) is 1.14. The molecule has 0 bridgehead atoms. The first-order chi connectivity index (χ1) is 14.5. The van der Waals surface area contributed by atoms with E-state index in [9.17, 15) is 14.7 Å². The van der Waals surface area contributed by atoms with Crippen LogP contribution in [0, 0.1) is 11.3 Å². The maximum absolute atomic E-state index is 10.1. The number of hydrogen-bond donors (Lipinski definition) is 0. The second kappa shape index (κ2) is 13.9. The van der Waals surface area contributed by atoms with Gasteiger partial charge in [0.25, 0.3) is 0 Å². The van der Waals surface area contributed by atoms with Gasteiger partial charge < -0.3 is 14.6 Å². The van der Waals surface area contributed by atoms with Crippen molar-refractivity contribution in [2.75, 3.05) is 6.61 Å². The summed E-state index contributed by atoms with van der Waals surface area (Å²) in [4.78, 5) is 20.2. The number of aromatic carboxylic acids is 1. The summed E-state index contributed by atoms with van der Waals surface area (Å²) < 4.78 is 4.43. The molecule has 0 heterocycles. The monoisotopic (exact) mass is 400 g/mol. The third-order valence-corrected chi connectivity index (χ3v) is 3.60. The molecule has 0 aromatic heterocycles. The predicted molar refractivity (Wildman–Crippen MR) is 114 cm³/mol. The molecule has 5 heteroatoms. The molecule has 3 aromatic rings. The molecule has 3 aromatic carbocycles. The van der Waals surface area contributed by atoms with Crippen LogP contribution >= 0.6 is 0 Å². The van der Waals surface area contributed by atoms with E-state index in [2.05, 4.69) is 17.4 Å². The predicted octanol–water partition coefficient (Wildman–Crippen LogP) is 4.01. The van der Waals surface area contributed by atoms with Crippen LogP contribution < -0.4 is 5.11 Å². The van der Waals surface area contributed by atoms with E-state index in [0.29, 0.717) is 6.61 Å². The summed E-state index contributed by atoms with van der Waals surface area (Å²) in [5.74, 6) is -1.49. The minimum absolute atomic E-state index is 0.220. The number of carboxylic acid groups (broad SMARTS) is 1. The van der Waals surface area contributed by atoms with E-state index in [0.717, 1.165) is 22.8 Å². The number of nitriles is 1. The third-order valence-electron chi connectivity index (χ3n) is 3.60. The SMILES string of the molecule is C=CC(=O)OCC.N#Cc1ccccc1-c1ccccc1.O=C([O-])c1ccccc1. The van der Waals surface area contributed by atoms with Crippen molar-refractivity contribution in [3.05, 3.63) is 109 Å². The van der Waals surface area contributed by atoms with Gasteiger partial charge in [-0.1, -0.05) is 85.4 Å². The van der Waals surface area contributed by atoms with Gasteiger partial charge in [-0.15, -0.1) is 0 Å². The molecule has 0 aliphatic rings. The number of hydrogen-bond acceptors (Lipinski definition) is 5. The number of ether oxygens (including phenoxy) is 1. The molecule has 0 atom stereocenters. The topological polar surface area (TPSA) is 90.2 Å². The Morgan fingerprint density at radius 1 is 0.967 bits per heavy atom. The molecule has 0 aliphatic heterocycles. The number of esters is 1. The van der Waals surface area contributed by atoms with E-state index in [-0.39, 0.29) is 11.5 Å². The van der Waals surface area contributed by atoms with Crippen LogP contribution in [-0.4, -0.2) is 18.5 Å². The van der Waals surface area contributed by atoms with E-state index in [1.807, 2.05) is 54.6 Å². The van der Waals surface area contributed by atoms with Gasteiger partial charge in [0.05, 0.1) is 24.2 Å². The number of carboxylic acids is 1. The first-order valence-electron chi connectivity index (χ1n) is 9.13. The first kappa shape index (κ1) is 23.9. The van der Waals surface area contributed by atoms with Gasteiger partial charge in [-0.2, -0.15) is 5.26 Å². The molecule has 0 unspecified atom stereocenters. The molecule has 0 amide bonds. The van der Waals surface area contributed by atoms with Crippen LogP contribution in [0.4, 0.5) is 0 Å². The Bertz CT molecular complexity index is 977. The highest BCUT2D eigenvalue weighted by Crippen LogP contribution is 2.22. The molecular formula is C25H22NO4-. The second-order valence-corrected chi connectivity index (χ2v) is 5.63. The smallest absolute Gasteiger partial charge is 0.330 e. The Hall–Kier alpha value is -4.17. The standard InChI is InChI=1S/C13H9N.C7H6O2.C5H8O2/c14-10-12-8-4-5-9-13(12)11-6-2-1-3-7-11;8-7(9)6-4-2-1-3-5-6;1-3-5(6)7-4-2/h1-9H;1-5H,(H,8,9);3H,1,4H2,2H3/p-1. The minimum Gasteiger partial charge on any atom is -0.545 e. The maximum Gasteiger partial charge on any atom is 0.330 e. The Kier molecular flexibility index (Phi) is 11.1. The normalized spacial score (nSPS) is 8.80. The average Bonchev–Trinajstić information content (AvgIpc) is 2.81. The van der Waals surface area contributed by atoms with Crippen molar-refractivity contribution in [2.45, 2.75) is 6.92 Å². The van der Waals surface area contributed by atoms with Crippen LogP contribution in [0.2, 0.25) is 0 Å². The summed E-state index contributed by atoms with van der Waals surface area (Å²) in [7, 11) is 0. The Morgan fingerprint density at radius 2 is 1.50 bits per heavy atom. The highest BCUT2D eigenvalue weighted by Gasteiger charge is 2.01. The largest absolute Gasteiger partial charge is 0.545 e. The van der Waals surface area contributed by atoms with Crippen molar-refractivity contribution in [2.24, 2.45) is 0 Å². The van der Waals surface area contributed by atoms with E-state index in [1.165, 1.54) is 12.1 Å². The van der Waals surface area contributed by atoms with Gasteiger partial charge in [0, 0.05) is 6.08 Å². The molecule has 3 rings (SSSR count). The van der Waals surface area contributed by atoms with E-state index in [1.54, 1.807) is 25.1 Å². The van der Waals surface area contributed by atoms with Crippen LogP contribution in [0.25, 0.3) is 11.1 Å². The summed E-state index contributed by atoms with van der Waals surface area (Å²) in [6.45, 7) is 5.38. The van der Waals surface area contributed by atoms with Gasteiger partial charge in [-0.05, 0) is 29.7 Å². The average molecular weight is 400 g/mol. The van der Waals surface area contributed by atoms with Crippen LogP contribution in [0.3, 0.4) is 0 Å². The molecular weight excluding hydrogens is 378 g/mol. The number of carbonyl (C=O) groups excluding carboxylic acids is 2. The van der Waals surface area contributed by atoms with Crippen LogP contribution in [-0.2, 0) is 9.53 Å². The molecule has 0 spiro atoms. The van der Waals surface area contributed by atoms with Gasteiger partial charge in [-0.3, -0.25) is 0 Å². The highest BCUT2D eigenvalue weighted by molar-refractivity contribution is 5.85. The molecule has 0 radical (unpaired) electrons. The Morgan fingerprint density at radius 3 is 1.93 bits per heavy atom. The van der Waals surface area contributed by atoms with E-state index in [4.69, 9.17) is 5.26 Å². The number of rotatable bonds is 4. The summed E-state index contributed by atoms with van der Waals surface area (Å²) in [5.41, 5.74) is 3.02. The maximum atomic E-state index is 10.1. The first-order valence-corrected chi connectivity index (χ1v) is 9.13. The molecule has 0 aliphatic carbocycles. The summed E-state index contributed by atoms with van der Waals surface area (Å²) >= 11 is 0. The molecule has 5 nitrogen and oxygen atoms in total. The van der Waals surface area contributed by atoms with Crippen molar-refractivity contribution in [1.29, 1.82) is 5.26 Å². The zero-order chi connectivity index (χ0) is 22.2. The summed E-state index contributed by atoms with van der Waals surface area (Å²) in [5, 5.41) is 19.0. The number of benzene rings is 3. The minimum atomic E-state index is -1.13. The Labute approximate surface area is 176 Å². The van der Waals surface area contributed by atoms with Crippen molar-refractivity contribution >= 4 is 11.9 Å². The quantitative estimate of drug-likeness (QED) is 0.487. The molecule has 0 saturated carbocycles.